The molecule has 4 heteroatoms. The summed E-state index contributed by atoms with van der Waals surface area (Å²) in [7, 11) is 0. The van der Waals surface area contributed by atoms with Gasteiger partial charge in [0.15, 0.2) is 0 Å². The fourth-order valence-electron chi connectivity index (χ4n) is 2.42. The van der Waals surface area contributed by atoms with Gasteiger partial charge in [-0.3, -0.25) is 0 Å². The number of ether oxygens (including phenoxy) is 1. The van der Waals surface area contributed by atoms with Crippen molar-refractivity contribution in [3.05, 3.63) is 24.0 Å². The van der Waals surface area contributed by atoms with Crippen LogP contribution in [0.5, 0.6) is 5.75 Å². The van der Waals surface area contributed by atoms with Crippen LogP contribution in [0.2, 0.25) is 0 Å². The minimum Gasteiger partial charge on any atom is -0.489 e. The Balaban J connectivity index is 2.56. The van der Waals surface area contributed by atoms with Crippen LogP contribution < -0.4 is 4.74 Å². The number of nitrogens with zero attached hydrogens (tertiary/aromatic N) is 2. The lowest BCUT2D eigenvalue weighted by Gasteiger charge is -2.15. The first-order chi connectivity index (χ1) is 9.93. The number of halogens is 1. The van der Waals surface area contributed by atoms with Crippen LogP contribution in [0, 0.1) is 5.92 Å². The average Bonchev–Trinajstić information content (AvgIpc) is 2.78. The lowest BCUT2D eigenvalue weighted by Crippen LogP contribution is -2.10. The Hall–Kier alpha value is -1.22. The third-order valence-electron chi connectivity index (χ3n) is 3.68. The predicted molar refractivity (Wildman–Crippen MR) is 89.2 cm³/mol. The highest BCUT2D eigenvalue weighted by Crippen LogP contribution is 2.31. The Morgan fingerprint density at radius 1 is 1.24 bits per heavy atom. The largest absolute Gasteiger partial charge is 0.489 e. The second kappa shape index (κ2) is 6.69. The van der Waals surface area contributed by atoms with E-state index in [2.05, 4.69) is 24.5 Å². The standard InChI is InChI=1S/C17H25ClN2O/c1-6-12(4)10-20-14-8-7-9-15(21-11(2)3)16(14)19-17(20)13(5)18/h7-9,11-13H,6,10H2,1-5H3. The van der Waals surface area contributed by atoms with Gasteiger partial charge < -0.3 is 9.30 Å². The molecule has 2 atom stereocenters. The summed E-state index contributed by atoms with van der Waals surface area (Å²) >= 11 is 6.34. The van der Waals surface area contributed by atoms with E-state index in [4.69, 9.17) is 21.3 Å². The molecule has 0 aliphatic heterocycles. The molecule has 0 saturated heterocycles. The van der Waals surface area contributed by atoms with Crippen molar-refractivity contribution >= 4 is 22.6 Å². The highest BCUT2D eigenvalue weighted by molar-refractivity contribution is 6.20. The van der Waals surface area contributed by atoms with Gasteiger partial charge in [0, 0.05) is 6.54 Å². The zero-order valence-corrected chi connectivity index (χ0v) is 14.3. The second-order valence-electron chi connectivity index (χ2n) is 6.00. The van der Waals surface area contributed by atoms with E-state index in [0.717, 1.165) is 35.6 Å². The summed E-state index contributed by atoms with van der Waals surface area (Å²) in [5.74, 6) is 2.35. The van der Waals surface area contributed by atoms with Crippen molar-refractivity contribution in [1.29, 1.82) is 0 Å². The van der Waals surface area contributed by atoms with Gasteiger partial charge in [0.25, 0.3) is 0 Å². The zero-order valence-electron chi connectivity index (χ0n) is 13.6. The molecular formula is C17H25ClN2O. The molecule has 0 aliphatic rings. The zero-order chi connectivity index (χ0) is 15.6. The van der Waals surface area contributed by atoms with E-state index in [1.165, 1.54) is 0 Å². The van der Waals surface area contributed by atoms with E-state index < -0.39 is 0 Å². The number of benzene rings is 1. The highest BCUT2D eigenvalue weighted by Gasteiger charge is 2.19. The molecule has 0 N–H and O–H groups in total. The maximum absolute atomic E-state index is 6.34. The smallest absolute Gasteiger partial charge is 0.147 e. The van der Waals surface area contributed by atoms with Crippen molar-refractivity contribution in [2.24, 2.45) is 5.92 Å². The van der Waals surface area contributed by atoms with Gasteiger partial charge in [-0.1, -0.05) is 26.3 Å². The van der Waals surface area contributed by atoms with Crippen LogP contribution in [0.15, 0.2) is 18.2 Å². The molecule has 0 radical (unpaired) electrons. The SMILES string of the molecule is CCC(C)Cn1c(C(C)Cl)nc2c(OC(C)C)cccc21. The van der Waals surface area contributed by atoms with Crippen LogP contribution in [-0.2, 0) is 6.54 Å². The van der Waals surface area contributed by atoms with Gasteiger partial charge in [0.2, 0.25) is 0 Å². The molecule has 0 spiro atoms. The van der Waals surface area contributed by atoms with Crippen molar-refractivity contribution in [2.45, 2.75) is 59.1 Å². The van der Waals surface area contributed by atoms with Gasteiger partial charge >= 0.3 is 0 Å². The number of imidazole rings is 1. The normalized spacial score (nSPS) is 14.6. The van der Waals surface area contributed by atoms with Gasteiger partial charge in [-0.15, -0.1) is 11.6 Å². The minimum atomic E-state index is -0.117. The summed E-state index contributed by atoms with van der Waals surface area (Å²) in [4.78, 5) is 4.76. The van der Waals surface area contributed by atoms with E-state index in [9.17, 15) is 0 Å². The molecular weight excluding hydrogens is 284 g/mol. The fourth-order valence-corrected chi connectivity index (χ4v) is 2.59. The van der Waals surface area contributed by atoms with Crippen molar-refractivity contribution in [1.82, 2.24) is 9.55 Å². The number of hydrogen-bond acceptors (Lipinski definition) is 2. The average molecular weight is 309 g/mol. The molecule has 0 aliphatic carbocycles. The highest BCUT2D eigenvalue weighted by atomic mass is 35.5. The molecule has 0 bridgehead atoms. The molecule has 0 amide bonds. The van der Waals surface area contributed by atoms with Gasteiger partial charge in [0.05, 0.1) is 17.0 Å². The van der Waals surface area contributed by atoms with E-state index in [0.29, 0.717) is 5.92 Å². The maximum atomic E-state index is 6.34. The first-order valence-corrected chi connectivity index (χ1v) is 8.17. The third-order valence-corrected chi connectivity index (χ3v) is 3.88. The summed E-state index contributed by atoms with van der Waals surface area (Å²) in [6.07, 6.45) is 1.27. The molecule has 2 unspecified atom stereocenters. The number of alkyl halides is 1. The fraction of sp³-hybridized carbons (Fsp3) is 0.588. The first kappa shape index (κ1) is 16.2. The first-order valence-electron chi connectivity index (χ1n) is 7.73. The van der Waals surface area contributed by atoms with Gasteiger partial charge in [-0.2, -0.15) is 0 Å². The van der Waals surface area contributed by atoms with Crippen molar-refractivity contribution in [3.8, 4) is 5.75 Å². The summed E-state index contributed by atoms with van der Waals surface area (Å²) < 4.78 is 8.13. The molecule has 1 aromatic carbocycles. The van der Waals surface area contributed by atoms with Gasteiger partial charge in [0.1, 0.15) is 17.1 Å². The number of para-hydroxylation sites is 1. The Morgan fingerprint density at radius 3 is 2.52 bits per heavy atom. The molecule has 2 aromatic rings. The Labute approximate surface area is 132 Å². The quantitative estimate of drug-likeness (QED) is 0.688. The number of fused-ring (bicyclic) bond motifs is 1. The van der Waals surface area contributed by atoms with Gasteiger partial charge in [-0.25, -0.2) is 4.98 Å². The van der Waals surface area contributed by atoms with Gasteiger partial charge in [-0.05, 0) is 38.8 Å². The van der Waals surface area contributed by atoms with Crippen LogP contribution in [0.1, 0.15) is 52.2 Å². The monoisotopic (exact) mass is 308 g/mol. The molecule has 3 nitrogen and oxygen atoms in total. The molecule has 116 valence electrons. The minimum absolute atomic E-state index is 0.117. The second-order valence-corrected chi connectivity index (χ2v) is 6.66. The number of hydrogen-bond donors (Lipinski definition) is 0. The van der Waals surface area contributed by atoms with E-state index >= 15 is 0 Å². The third kappa shape index (κ3) is 3.52. The van der Waals surface area contributed by atoms with E-state index in [1.807, 2.05) is 32.9 Å². The van der Waals surface area contributed by atoms with Crippen LogP contribution in [-0.4, -0.2) is 15.7 Å². The summed E-state index contributed by atoms with van der Waals surface area (Å²) in [5.41, 5.74) is 2.02. The van der Waals surface area contributed by atoms with Crippen LogP contribution in [0.3, 0.4) is 0 Å². The van der Waals surface area contributed by atoms with Crippen molar-refractivity contribution in [2.75, 3.05) is 0 Å². The predicted octanol–water partition coefficient (Wildman–Crippen LogP) is 5.17. The Bertz CT molecular complexity index is 604. The number of aromatic nitrogens is 2. The summed E-state index contributed by atoms with van der Waals surface area (Å²) in [6, 6.07) is 6.10. The van der Waals surface area contributed by atoms with Crippen molar-refractivity contribution < 1.29 is 4.74 Å². The Morgan fingerprint density at radius 2 is 1.95 bits per heavy atom. The van der Waals surface area contributed by atoms with Crippen molar-refractivity contribution in [3.63, 3.8) is 0 Å². The maximum Gasteiger partial charge on any atom is 0.147 e. The molecule has 0 fully saturated rings. The lowest BCUT2D eigenvalue weighted by molar-refractivity contribution is 0.245. The van der Waals surface area contributed by atoms with Crippen LogP contribution in [0.4, 0.5) is 0 Å². The summed E-state index contributed by atoms with van der Waals surface area (Å²) in [5, 5.41) is -0.117. The van der Waals surface area contributed by atoms with Crippen LogP contribution >= 0.6 is 11.6 Å². The molecule has 0 saturated carbocycles. The van der Waals surface area contributed by atoms with E-state index in [1.54, 1.807) is 0 Å². The molecule has 1 heterocycles. The number of rotatable bonds is 6. The van der Waals surface area contributed by atoms with Crippen LogP contribution in [0.25, 0.3) is 11.0 Å². The Kier molecular flexibility index (Phi) is 5.15. The topological polar surface area (TPSA) is 27.1 Å². The molecule has 2 rings (SSSR count). The molecule has 21 heavy (non-hydrogen) atoms. The summed E-state index contributed by atoms with van der Waals surface area (Å²) in [6.45, 7) is 11.4. The molecule has 1 aromatic heterocycles. The lowest BCUT2D eigenvalue weighted by atomic mass is 10.1. The van der Waals surface area contributed by atoms with E-state index in [-0.39, 0.29) is 11.5 Å².